The molecule has 0 aromatic heterocycles. The summed E-state index contributed by atoms with van der Waals surface area (Å²) in [6, 6.07) is 7.43. The maximum atomic E-state index is 12.7. The number of aryl methyl sites for hydroxylation is 1. The zero-order valence-electron chi connectivity index (χ0n) is 13.5. The standard InChI is InChI=1S/C16H25NO3S/c1-6-11-21(19,20)14(5)16(18)17(12(2)3)15-10-8-7-9-13(15)4/h7-10,12,14H,6,11H2,1-5H3/t14-/m0/s1. The van der Waals surface area contributed by atoms with Crippen molar-refractivity contribution in [3.8, 4) is 0 Å². The van der Waals surface area contributed by atoms with Gasteiger partial charge in [0.05, 0.1) is 5.75 Å². The topological polar surface area (TPSA) is 54.5 Å². The second kappa shape index (κ2) is 7.07. The van der Waals surface area contributed by atoms with Crippen LogP contribution in [-0.2, 0) is 14.6 Å². The Morgan fingerprint density at radius 1 is 1.19 bits per heavy atom. The van der Waals surface area contributed by atoms with Crippen LogP contribution in [0.25, 0.3) is 0 Å². The van der Waals surface area contributed by atoms with Gasteiger partial charge in [0.15, 0.2) is 9.84 Å². The monoisotopic (exact) mass is 311 g/mol. The van der Waals surface area contributed by atoms with Crippen molar-refractivity contribution in [2.24, 2.45) is 0 Å². The van der Waals surface area contributed by atoms with Gasteiger partial charge >= 0.3 is 0 Å². The molecule has 0 unspecified atom stereocenters. The summed E-state index contributed by atoms with van der Waals surface area (Å²) in [5.41, 5.74) is 1.73. The third-order valence-corrected chi connectivity index (χ3v) is 5.76. The third-order valence-electron chi connectivity index (χ3n) is 3.50. The fourth-order valence-electron chi connectivity index (χ4n) is 2.30. The van der Waals surface area contributed by atoms with E-state index in [9.17, 15) is 13.2 Å². The minimum absolute atomic E-state index is 0.0413. The van der Waals surface area contributed by atoms with E-state index in [1.54, 1.807) is 11.8 Å². The number of nitrogens with zero attached hydrogens (tertiary/aromatic N) is 1. The Bertz CT molecular complexity index is 593. The largest absolute Gasteiger partial charge is 0.309 e. The van der Waals surface area contributed by atoms with Crippen molar-refractivity contribution in [3.63, 3.8) is 0 Å². The minimum Gasteiger partial charge on any atom is -0.309 e. The van der Waals surface area contributed by atoms with Gasteiger partial charge in [-0.2, -0.15) is 0 Å². The molecule has 1 rings (SSSR count). The van der Waals surface area contributed by atoms with Crippen molar-refractivity contribution < 1.29 is 13.2 Å². The van der Waals surface area contributed by atoms with Crippen molar-refractivity contribution in [1.82, 2.24) is 0 Å². The molecule has 0 bridgehead atoms. The molecule has 0 N–H and O–H groups in total. The van der Waals surface area contributed by atoms with Crippen LogP contribution in [0, 0.1) is 6.92 Å². The molecule has 1 aromatic rings. The van der Waals surface area contributed by atoms with Gasteiger partial charge in [0.25, 0.3) is 0 Å². The second-order valence-electron chi connectivity index (χ2n) is 5.60. The molecule has 0 aliphatic heterocycles. The van der Waals surface area contributed by atoms with Gasteiger partial charge in [0.2, 0.25) is 5.91 Å². The number of para-hydroxylation sites is 1. The van der Waals surface area contributed by atoms with E-state index >= 15 is 0 Å². The minimum atomic E-state index is -3.40. The quantitative estimate of drug-likeness (QED) is 0.811. The number of carbonyl (C=O) groups is 1. The van der Waals surface area contributed by atoms with Crippen LogP contribution in [0.2, 0.25) is 0 Å². The van der Waals surface area contributed by atoms with E-state index in [4.69, 9.17) is 0 Å². The molecular weight excluding hydrogens is 286 g/mol. The van der Waals surface area contributed by atoms with Crippen LogP contribution >= 0.6 is 0 Å². The molecule has 0 saturated heterocycles. The fourth-order valence-corrected chi connectivity index (χ4v) is 3.64. The summed E-state index contributed by atoms with van der Waals surface area (Å²) in [4.78, 5) is 14.3. The summed E-state index contributed by atoms with van der Waals surface area (Å²) in [5, 5.41) is -1.01. The zero-order chi connectivity index (χ0) is 16.2. The molecule has 0 fully saturated rings. The Morgan fingerprint density at radius 2 is 1.76 bits per heavy atom. The van der Waals surface area contributed by atoms with E-state index < -0.39 is 15.1 Å². The number of benzene rings is 1. The second-order valence-corrected chi connectivity index (χ2v) is 8.04. The molecule has 1 atom stereocenters. The molecule has 21 heavy (non-hydrogen) atoms. The predicted octanol–water partition coefficient (Wildman–Crippen LogP) is 2.95. The SMILES string of the molecule is CCCS(=O)(=O)[C@@H](C)C(=O)N(c1ccccc1C)C(C)C. The van der Waals surface area contributed by atoms with Gasteiger partial charge in [-0.3, -0.25) is 4.79 Å². The van der Waals surface area contributed by atoms with Gasteiger partial charge in [-0.05, 0) is 45.7 Å². The predicted molar refractivity (Wildman–Crippen MR) is 87.3 cm³/mol. The van der Waals surface area contributed by atoms with Gasteiger partial charge < -0.3 is 4.90 Å². The van der Waals surface area contributed by atoms with Gasteiger partial charge in [-0.25, -0.2) is 8.42 Å². The first-order valence-electron chi connectivity index (χ1n) is 7.32. The van der Waals surface area contributed by atoms with Crippen molar-refractivity contribution in [3.05, 3.63) is 29.8 Å². The Labute approximate surface area is 128 Å². The molecule has 118 valence electrons. The Hall–Kier alpha value is -1.36. The number of hydrogen-bond acceptors (Lipinski definition) is 3. The van der Waals surface area contributed by atoms with Crippen LogP contribution in [0.15, 0.2) is 24.3 Å². The van der Waals surface area contributed by atoms with Crippen LogP contribution in [0.5, 0.6) is 0 Å². The van der Waals surface area contributed by atoms with Crippen molar-refractivity contribution in [2.75, 3.05) is 10.7 Å². The average Bonchev–Trinajstić information content (AvgIpc) is 2.39. The smallest absolute Gasteiger partial charge is 0.245 e. The maximum absolute atomic E-state index is 12.7. The Kier molecular flexibility index (Phi) is 5.96. The van der Waals surface area contributed by atoms with E-state index in [0.29, 0.717) is 6.42 Å². The van der Waals surface area contributed by atoms with Crippen LogP contribution in [-0.4, -0.2) is 31.4 Å². The van der Waals surface area contributed by atoms with Gasteiger partial charge in [0, 0.05) is 11.7 Å². The number of amides is 1. The molecule has 0 spiro atoms. The van der Waals surface area contributed by atoms with Crippen LogP contribution in [0.1, 0.15) is 39.7 Å². The number of sulfone groups is 1. The highest BCUT2D eigenvalue weighted by Gasteiger charge is 2.33. The summed E-state index contributed by atoms with van der Waals surface area (Å²) in [6.07, 6.45) is 0.520. The Balaban J connectivity index is 3.19. The lowest BCUT2D eigenvalue weighted by molar-refractivity contribution is -0.118. The number of rotatable bonds is 6. The maximum Gasteiger partial charge on any atom is 0.245 e. The van der Waals surface area contributed by atoms with E-state index in [-0.39, 0.29) is 17.7 Å². The summed E-state index contributed by atoms with van der Waals surface area (Å²) in [6.45, 7) is 8.99. The highest BCUT2D eigenvalue weighted by Crippen LogP contribution is 2.24. The summed E-state index contributed by atoms with van der Waals surface area (Å²) in [5.74, 6) is -0.313. The molecule has 0 radical (unpaired) electrons. The molecule has 0 saturated carbocycles. The van der Waals surface area contributed by atoms with Crippen molar-refractivity contribution in [1.29, 1.82) is 0 Å². The van der Waals surface area contributed by atoms with Gasteiger partial charge in [0.1, 0.15) is 5.25 Å². The molecule has 0 aliphatic rings. The van der Waals surface area contributed by atoms with E-state index in [1.165, 1.54) is 6.92 Å². The van der Waals surface area contributed by atoms with Crippen molar-refractivity contribution >= 4 is 21.4 Å². The first kappa shape index (κ1) is 17.7. The average molecular weight is 311 g/mol. The normalized spacial score (nSPS) is 13.2. The third kappa shape index (κ3) is 4.06. The Morgan fingerprint density at radius 3 is 2.24 bits per heavy atom. The highest BCUT2D eigenvalue weighted by atomic mass is 32.2. The molecule has 4 nitrogen and oxygen atoms in total. The highest BCUT2D eigenvalue weighted by molar-refractivity contribution is 7.92. The molecule has 1 amide bonds. The zero-order valence-corrected chi connectivity index (χ0v) is 14.3. The number of carbonyl (C=O) groups excluding carboxylic acids is 1. The van der Waals surface area contributed by atoms with Crippen LogP contribution in [0.3, 0.4) is 0 Å². The van der Waals surface area contributed by atoms with Crippen LogP contribution < -0.4 is 4.90 Å². The first-order valence-corrected chi connectivity index (χ1v) is 9.04. The fraction of sp³-hybridized carbons (Fsp3) is 0.562. The first-order chi connectivity index (χ1) is 9.72. The summed E-state index contributed by atoms with van der Waals surface area (Å²) >= 11 is 0. The summed E-state index contributed by atoms with van der Waals surface area (Å²) < 4.78 is 24.3. The number of anilines is 1. The lowest BCUT2D eigenvalue weighted by Crippen LogP contribution is -2.46. The molecule has 5 heteroatoms. The van der Waals surface area contributed by atoms with Gasteiger partial charge in [-0.15, -0.1) is 0 Å². The molecule has 1 aromatic carbocycles. The van der Waals surface area contributed by atoms with E-state index in [2.05, 4.69) is 0 Å². The van der Waals surface area contributed by atoms with Crippen LogP contribution in [0.4, 0.5) is 5.69 Å². The molecular formula is C16H25NO3S. The molecule has 0 heterocycles. The lowest BCUT2D eigenvalue weighted by atomic mass is 10.1. The van der Waals surface area contributed by atoms with E-state index in [0.717, 1.165) is 11.3 Å². The lowest BCUT2D eigenvalue weighted by Gasteiger charge is -2.30. The van der Waals surface area contributed by atoms with Crippen molar-refractivity contribution in [2.45, 2.75) is 52.3 Å². The number of hydrogen-bond donors (Lipinski definition) is 0. The van der Waals surface area contributed by atoms with Gasteiger partial charge in [-0.1, -0.05) is 25.1 Å². The van der Waals surface area contributed by atoms with E-state index in [1.807, 2.05) is 45.0 Å². The molecule has 0 aliphatic carbocycles. The summed E-state index contributed by atoms with van der Waals surface area (Å²) in [7, 11) is -3.40.